The van der Waals surface area contributed by atoms with E-state index in [9.17, 15) is 14.7 Å². The summed E-state index contributed by atoms with van der Waals surface area (Å²) in [6.45, 7) is 19.9. The zero-order valence-electron chi connectivity index (χ0n) is 37.8. The summed E-state index contributed by atoms with van der Waals surface area (Å²) < 4.78 is 6.49. The van der Waals surface area contributed by atoms with Crippen molar-refractivity contribution in [1.29, 1.82) is 0 Å². The fraction of sp³-hybridized carbons (Fsp3) is 0.784. The monoisotopic (exact) mass is 821 g/mol. The number of carboxylic acid groups (broad SMARTS) is 1. The summed E-state index contributed by atoms with van der Waals surface area (Å²) in [6.07, 6.45) is 19.5. The number of H-pyrrole nitrogens is 1. The van der Waals surface area contributed by atoms with Gasteiger partial charge < -0.3 is 19.7 Å². The third-order valence-corrected chi connectivity index (χ3v) is 21.2. The van der Waals surface area contributed by atoms with Gasteiger partial charge in [-0.2, -0.15) is 0 Å². The van der Waals surface area contributed by atoms with E-state index in [0.717, 1.165) is 75.1 Å². The molecular formula is C51H72N4O5. The Kier molecular flexibility index (Phi) is 9.11. The van der Waals surface area contributed by atoms with Crippen LogP contribution in [0.2, 0.25) is 0 Å². The number of carboxylic acids is 1. The molecule has 2 aromatic heterocycles. The number of esters is 1. The van der Waals surface area contributed by atoms with Gasteiger partial charge in [0, 0.05) is 18.2 Å². The second-order valence-electron chi connectivity index (χ2n) is 24.0. The second kappa shape index (κ2) is 13.4. The lowest BCUT2D eigenvalue weighted by atomic mass is 9.32. The quantitative estimate of drug-likeness (QED) is 0.266. The van der Waals surface area contributed by atoms with Crippen molar-refractivity contribution in [3.63, 3.8) is 0 Å². The molecule has 10 rings (SSSR count). The number of hydrogen-bond acceptors (Lipinski definition) is 6. The van der Waals surface area contributed by atoms with Crippen LogP contribution in [0.15, 0.2) is 30.6 Å². The molecule has 0 bridgehead atoms. The van der Waals surface area contributed by atoms with Crippen LogP contribution in [-0.4, -0.2) is 55.5 Å². The molecule has 1 aliphatic heterocycles. The van der Waals surface area contributed by atoms with Gasteiger partial charge in [0.15, 0.2) is 0 Å². The van der Waals surface area contributed by atoms with Crippen molar-refractivity contribution >= 4 is 17.8 Å². The molecule has 8 fully saturated rings. The highest BCUT2D eigenvalue weighted by atomic mass is 16.5. The van der Waals surface area contributed by atoms with E-state index in [4.69, 9.17) is 9.72 Å². The number of rotatable bonds is 7. The fourth-order valence-electron chi connectivity index (χ4n) is 17.2. The molecule has 9 nitrogen and oxygen atoms in total. The fourth-order valence-corrected chi connectivity index (χ4v) is 17.2. The summed E-state index contributed by atoms with van der Waals surface area (Å²) in [7, 11) is 0. The molecule has 7 saturated carbocycles. The molecule has 1 saturated heterocycles. The lowest BCUT2D eigenvalue weighted by Crippen LogP contribution is -2.67. The first-order chi connectivity index (χ1) is 28.3. The Bertz CT molecular complexity index is 2060. The number of carbonyl (C=O) groups excluding carboxylic acids is 2. The molecule has 326 valence electrons. The summed E-state index contributed by atoms with van der Waals surface area (Å²) in [5.41, 5.74) is 1.55. The Morgan fingerprint density at radius 1 is 0.767 bits per heavy atom. The largest absolute Gasteiger partial charge is 0.481 e. The number of amides is 1. The number of carbonyl (C=O) groups is 3. The molecule has 3 heterocycles. The van der Waals surface area contributed by atoms with Crippen molar-refractivity contribution in [3.05, 3.63) is 36.4 Å². The van der Waals surface area contributed by atoms with E-state index in [1.54, 1.807) is 0 Å². The molecular weight excluding hydrogens is 749 g/mol. The number of hydrogen-bond donors (Lipinski definition) is 2. The lowest BCUT2D eigenvalue weighted by Gasteiger charge is -2.73. The normalized spacial score (nSPS) is 44.3. The number of aliphatic carboxylic acids is 1. The highest BCUT2D eigenvalue weighted by Crippen LogP contribution is 2.79. The number of fused-ring (bicyclic) bond motifs is 7. The first kappa shape index (κ1) is 40.8. The zero-order valence-corrected chi connectivity index (χ0v) is 37.8. The minimum absolute atomic E-state index is 0.0167. The van der Waals surface area contributed by atoms with Crippen LogP contribution in [0.25, 0.3) is 11.4 Å². The molecule has 0 aromatic carbocycles. The number of imidazole rings is 1. The van der Waals surface area contributed by atoms with Crippen molar-refractivity contribution in [2.45, 2.75) is 164 Å². The molecule has 8 aliphatic rings. The molecule has 2 N–H and O–H groups in total. The van der Waals surface area contributed by atoms with E-state index in [1.165, 1.54) is 38.5 Å². The molecule has 1 amide bonds. The number of pyridine rings is 1. The van der Waals surface area contributed by atoms with Gasteiger partial charge >= 0.3 is 11.9 Å². The Morgan fingerprint density at radius 2 is 1.55 bits per heavy atom. The average Bonchev–Trinajstić information content (AvgIpc) is 3.59. The standard InChI is InChI=1S/C51H72N4O5/c1-45(2)32(42(56)57)28-33(45)43(58)60-39-18-19-48(6)37(46(39,3)4)17-20-50(8)38(48)15-14-31-40-30(47(5)22-23-47)16-21-51(40,25-24-49(31,50)7)44(59)55-27-11-13-36(55)41-53-29-35(54-41)34-12-9-10-26-52-34/h9-10,12,26,29-33,36-40H,11,13-25,27-28H2,1-8H3,(H,53,54)(H,56,57)/t30-,31-,32+,33-,36+,37+,38-,39+,40-,48+,49-,50-,51+/m1/s1. The van der Waals surface area contributed by atoms with E-state index in [0.29, 0.717) is 47.3 Å². The lowest BCUT2D eigenvalue weighted by molar-refractivity contribution is -0.253. The Morgan fingerprint density at radius 3 is 2.25 bits per heavy atom. The van der Waals surface area contributed by atoms with E-state index >= 15 is 4.79 Å². The molecule has 0 spiro atoms. The first-order valence-electron chi connectivity index (χ1n) is 24.0. The maximum atomic E-state index is 15.7. The molecule has 13 atom stereocenters. The van der Waals surface area contributed by atoms with E-state index < -0.39 is 17.3 Å². The Balaban J connectivity index is 0.915. The van der Waals surface area contributed by atoms with E-state index in [-0.39, 0.29) is 51.1 Å². The molecule has 60 heavy (non-hydrogen) atoms. The van der Waals surface area contributed by atoms with Crippen LogP contribution in [0.3, 0.4) is 0 Å². The van der Waals surface area contributed by atoms with Gasteiger partial charge in [-0.1, -0.05) is 61.5 Å². The smallest absolute Gasteiger partial charge is 0.309 e. The van der Waals surface area contributed by atoms with Gasteiger partial charge in [-0.25, -0.2) is 4.98 Å². The average molecular weight is 821 g/mol. The van der Waals surface area contributed by atoms with Crippen LogP contribution in [0, 0.1) is 79.3 Å². The van der Waals surface area contributed by atoms with Crippen LogP contribution >= 0.6 is 0 Å². The van der Waals surface area contributed by atoms with Crippen LogP contribution in [0.5, 0.6) is 0 Å². The molecule has 0 radical (unpaired) electrons. The third-order valence-electron chi connectivity index (χ3n) is 21.2. The summed E-state index contributed by atoms with van der Waals surface area (Å²) in [6, 6.07) is 5.93. The number of nitrogens with one attached hydrogen (secondary N) is 1. The second-order valence-corrected chi connectivity index (χ2v) is 24.0. The van der Waals surface area contributed by atoms with Gasteiger partial charge in [0.25, 0.3) is 0 Å². The highest BCUT2D eigenvalue weighted by molar-refractivity contribution is 5.85. The summed E-state index contributed by atoms with van der Waals surface area (Å²) in [4.78, 5) is 56.6. The van der Waals surface area contributed by atoms with E-state index in [1.807, 2.05) is 44.4 Å². The maximum Gasteiger partial charge on any atom is 0.309 e. The van der Waals surface area contributed by atoms with Crippen molar-refractivity contribution in [1.82, 2.24) is 19.9 Å². The van der Waals surface area contributed by atoms with Gasteiger partial charge in [-0.15, -0.1) is 0 Å². The van der Waals surface area contributed by atoms with Crippen LogP contribution < -0.4 is 0 Å². The molecule has 7 aliphatic carbocycles. The van der Waals surface area contributed by atoms with Gasteiger partial charge in [0.2, 0.25) is 5.91 Å². The number of nitrogens with zero attached hydrogens (tertiary/aromatic N) is 3. The number of aromatic amines is 1. The minimum Gasteiger partial charge on any atom is -0.481 e. The van der Waals surface area contributed by atoms with Gasteiger partial charge in [-0.3, -0.25) is 19.4 Å². The first-order valence-corrected chi connectivity index (χ1v) is 24.0. The van der Waals surface area contributed by atoms with Gasteiger partial charge in [0.1, 0.15) is 11.9 Å². The van der Waals surface area contributed by atoms with Crippen molar-refractivity contribution in [2.75, 3.05) is 6.54 Å². The van der Waals surface area contributed by atoms with Crippen molar-refractivity contribution in [2.24, 2.45) is 79.3 Å². The predicted molar refractivity (Wildman–Crippen MR) is 230 cm³/mol. The number of ether oxygens (including phenoxy) is 1. The number of likely N-dealkylation sites (tertiary alicyclic amines) is 1. The van der Waals surface area contributed by atoms with Gasteiger partial charge in [-0.05, 0) is 165 Å². The summed E-state index contributed by atoms with van der Waals surface area (Å²) >= 11 is 0. The molecule has 9 heteroatoms. The van der Waals surface area contributed by atoms with Crippen LogP contribution in [-0.2, 0) is 19.1 Å². The van der Waals surface area contributed by atoms with Gasteiger partial charge in [0.05, 0.1) is 40.9 Å². The van der Waals surface area contributed by atoms with Crippen LogP contribution in [0.1, 0.15) is 164 Å². The topological polar surface area (TPSA) is 125 Å². The minimum atomic E-state index is -0.812. The summed E-state index contributed by atoms with van der Waals surface area (Å²) in [5, 5.41) is 9.72. The van der Waals surface area contributed by atoms with Crippen molar-refractivity contribution < 1.29 is 24.2 Å². The Hall–Kier alpha value is -3.23. The van der Waals surface area contributed by atoms with Crippen molar-refractivity contribution in [3.8, 4) is 11.4 Å². The maximum absolute atomic E-state index is 15.7. The summed E-state index contributed by atoms with van der Waals surface area (Å²) in [5.74, 6) is 2.06. The molecule has 0 unspecified atom stereocenters. The number of aromatic nitrogens is 3. The SMILES string of the molecule is CC1([C@@H]2CC[C@]3(C(=O)N4CCC[C@H]4c4ncc(-c5ccccn5)[nH]4)CC[C@]4(C)[C@H](CC[C@@H]5[C@@]6(C)CC[C@H](OC(=O)[C@H]7C[C@@H](C(=O)O)C7(C)C)C(C)(C)[C@@H]6CC[C@]54C)[C@@H]23)CC1. The van der Waals surface area contributed by atoms with E-state index in [2.05, 4.69) is 56.4 Å². The highest BCUT2D eigenvalue weighted by Gasteiger charge is 2.74. The zero-order chi connectivity index (χ0) is 42.4. The van der Waals surface area contributed by atoms with Crippen LogP contribution in [0.4, 0.5) is 0 Å². The Labute approximate surface area is 358 Å². The predicted octanol–water partition coefficient (Wildman–Crippen LogP) is 10.7. The third kappa shape index (κ3) is 5.49. The molecule has 2 aromatic rings.